The Morgan fingerprint density at radius 3 is 2.74 bits per heavy atom. The van der Waals surface area contributed by atoms with E-state index in [0.29, 0.717) is 0 Å². The van der Waals surface area contributed by atoms with E-state index >= 15 is 0 Å². The van der Waals surface area contributed by atoms with E-state index in [2.05, 4.69) is 5.32 Å². The standard InChI is InChI=1S/C14H15FN2O2/c15-11-3-1-10(2-4-11)13-9-12(5-7-16-13)17-14(18)6-8-19-17/h1-4,6,8,12-13,16H,5,7,9H2/t12-,13-/m0/s1. The van der Waals surface area contributed by atoms with Crippen molar-refractivity contribution < 1.29 is 8.91 Å². The molecule has 1 aromatic heterocycles. The molecule has 0 bridgehead atoms. The minimum Gasteiger partial charge on any atom is -0.384 e. The predicted molar refractivity (Wildman–Crippen MR) is 68.4 cm³/mol. The van der Waals surface area contributed by atoms with Crippen LogP contribution in [0.3, 0.4) is 0 Å². The topological polar surface area (TPSA) is 47.2 Å². The normalized spacial score (nSPS) is 23.4. The third-order valence-corrected chi connectivity index (χ3v) is 3.58. The summed E-state index contributed by atoms with van der Waals surface area (Å²) in [6.07, 6.45) is 3.03. The van der Waals surface area contributed by atoms with Crippen LogP contribution in [0, 0.1) is 5.82 Å². The summed E-state index contributed by atoms with van der Waals surface area (Å²) in [5.74, 6) is -0.238. The maximum absolute atomic E-state index is 12.9. The van der Waals surface area contributed by atoms with E-state index in [4.69, 9.17) is 4.52 Å². The van der Waals surface area contributed by atoms with Crippen molar-refractivity contribution >= 4 is 0 Å². The summed E-state index contributed by atoms with van der Waals surface area (Å²) < 4.78 is 19.6. The Bertz CT molecular complexity index is 602. The first-order valence-corrected chi connectivity index (χ1v) is 6.39. The van der Waals surface area contributed by atoms with Gasteiger partial charge in [-0.1, -0.05) is 12.1 Å². The van der Waals surface area contributed by atoms with Crippen molar-refractivity contribution in [2.75, 3.05) is 6.54 Å². The second-order valence-electron chi connectivity index (χ2n) is 4.81. The molecule has 4 nitrogen and oxygen atoms in total. The lowest BCUT2D eigenvalue weighted by Gasteiger charge is -2.30. The van der Waals surface area contributed by atoms with E-state index in [1.54, 1.807) is 12.1 Å². The molecule has 0 aliphatic carbocycles. The number of hydrogen-bond acceptors (Lipinski definition) is 3. The van der Waals surface area contributed by atoms with Gasteiger partial charge in [0.15, 0.2) is 0 Å². The van der Waals surface area contributed by atoms with E-state index in [1.165, 1.54) is 29.2 Å². The van der Waals surface area contributed by atoms with Crippen LogP contribution in [0.25, 0.3) is 0 Å². The van der Waals surface area contributed by atoms with Crippen molar-refractivity contribution in [1.29, 1.82) is 0 Å². The minimum atomic E-state index is -0.238. The quantitative estimate of drug-likeness (QED) is 0.903. The van der Waals surface area contributed by atoms with Gasteiger partial charge in [-0.3, -0.25) is 4.79 Å². The monoisotopic (exact) mass is 262 g/mol. The molecule has 2 aromatic rings. The van der Waals surface area contributed by atoms with Gasteiger partial charge in [0.25, 0.3) is 5.56 Å². The molecule has 2 atom stereocenters. The fourth-order valence-corrected chi connectivity index (χ4v) is 2.61. The highest BCUT2D eigenvalue weighted by molar-refractivity contribution is 5.20. The summed E-state index contributed by atoms with van der Waals surface area (Å²) in [6, 6.07) is 8.07. The number of nitrogens with zero attached hydrogens (tertiary/aromatic N) is 1. The predicted octanol–water partition coefficient (Wildman–Crippen LogP) is 2.25. The van der Waals surface area contributed by atoms with Crippen molar-refractivity contribution in [1.82, 2.24) is 10.1 Å². The number of piperidine rings is 1. The maximum Gasteiger partial charge on any atom is 0.282 e. The molecule has 100 valence electrons. The molecular formula is C14H15FN2O2. The second kappa shape index (κ2) is 5.01. The summed E-state index contributed by atoms with van der Waals surface area (Å²) in [5, 5.41) is 3.39. The molecule has 2 heterocycles. The maximum atomic E-state index is 12.9. The average Bonchev–Trinajstić information content (AvgIpc) is 2.86. The van der Waals surface area contributed by atoms with Gasteiger partial charge in [0.2, 0.25) is 0 Å². The van der Waals surface area contributed by atoms with Crippen molar-refractivity contribution in [3.63, 3.8) is 0 Å². The van der Waals surface area contributed by atoms with Crippen LogP contribution in [0.2, 0.25) is 0 Å². The Morgan fingerprint density at radius 1 is 1.26 bits per heavy atom. The molecule has 0 radical (unpaired) electrons. The number of halogens is 1. The molecule has 0 spiro atoms. The average molecular weight is 262 g/mol. The molecule has 5 heteroatoms. The van der Waals surface area contributed by atoms with Crippen LogP contribution in [0.5, 0.6) is 0 Å². The van der Waals surface area contributed by atoms with Crippen LogP contribution in [0.1, 0.15) is 30.5 Å². The number of aromatic nitrogens is 1. The molecule has 1 aliphatic heterocycles. The zero-order valence-corrected chi connectivity index (χ0v) is 10.4. The SMILES string of the molecule is O=c1ccon1[C@H]1CCN[C@H](c2ccc(F)cc2)C1. The number of hydrogen-bond donors (Lipinski definition) is 1. The number of benzene rings is 1. The van der Waals surface area contributed by atoms with Gasteiger partial charge >= 0.3 is 0 Å². The van der Waals surface area contributed by atoms with E-state index < -0.39 is 0 Å². The van der Waals surface area contributed by atoms with Crippen molar-refractivity contribution in [2.45, 2.75) is 24.9 Å². The first-order valence-electron chi connectivity index (χ1n) is 6.39. The highest BCUT2D eigenvalue weighted by Gasteiger charge is 2.25. The van der Waals surface area contributed by atoms with Gasteiger partial charge < -0.3 is 9.84 Å². The van der Waals surface area contributed by atoms with Crippen LogP contribution >= 0.6 is 0 Å². The molecule has 1 aliphatic rings. The Labute approximate surface area is 109 Å². The lowest BCUT2D eigenvalue weighted by Crippen LogP contribution is -2.35. The zero-order valence-electron chi connectivity index (χ0n) is 10.4. The van der Waals surface area contributed by atoms with Gasteiger partial charge in [0.05, 0.1) is 6.04 Å². The first-order chi connectivity index (χ1) is 9.24. The van der Waals surface area contributed by atoms with Gasteiger partial charge in [-0.25, -0.2) is 4.39 Å². The molecule has 0 amide bonds. The Kier molecular flexibility index (Phi) is 3.21. The summed E-state index contributed by atoms with van der Waals surface area (Å²) in [6.45, 7) is 0.805. The van der Waals surface area contributed by atoms with Gasteiger partial charge in [0, 0.05) is 12.1 Å². The van der Waals surface area contributed by atoms with Crippen molar-refractivity contribution in [3.8, 4) is 0 Å². The molecule has 1 N–H and O–H groups in total. The van der Waals surface area contributed by atoms with Crippen LogP contribution < -0.4 is 10.9 Å². The minimum absolute atomic E-state index is 0.0544. The Hall–Kier alpha value is -1.88. The fraction of sp³-hybridized carbons (Fsp3) is 0.357. The number of nitrogens with one attached hydrogen (secondary N) is 1. The van der Waals surface area contributed by atoms with E-state index in [0.717, 1.165) is 24.9 Å². The second-order valence-corrected chi connectivity index (χ2v) is 4.81. The largest absolute Gasteiger partial charge is 0.384 e. The smallest absolute Gasteiger partial charge is 0.282 e. The summed E-state index contributed by atoms with van der Waals surface area (Å²) in [7, 11) is 0. The van der Waals surface area contributed by atoms with Gasteiger partial charge in [-0.2, -0.15) is 4.74 Å². The lowest BCUT2D eigenvalue weighted by molar-refractivity contribution is 0.161. The highest BCUT2D eigenvalue weighted by atomic mass is 19.1. The summed E-state index contributed by atoms with van der Waals surface area (Å²) in [5.41, 5.74) is 0.926. The van der Waals surface area contributed by atoms with Crippen molar-refractivity contribution in [3.05, 3.63) is 58.3 Å². The number of rotatable bonds is 2. The lowest BCUT2D eigenvalue weighted by atomic mass is 9.94. The van der Waals surface area contributed by atoms with Gasteiger partial charge in [-0.15, -0.1) is 0 Å². The molecule has 1 saturated heterocycles. The molecule has 0 saturated carbocycles. The van der Waals surface area contributed by atoms with E-state index in [1.807, 2.05) is 0 Å². The van der Waals surface area contributed by atoms with Crippen LogP contribution in [-0.2, 0) is 0 Å². The van der Waals surface area contributed by atoms with Crippen LogP contribution in [0.15, 0.2) is 45.9 Å². The Balaban J connectivity index is 1.80. The van der Waals surface area contributed by atoms with Crippen molar-refractivity contribution in [2.24, 2.45) is 0 Å². The van der Waals surface area contributed by atoms with Gasteiger partial charge in [0.1, 0.15) is 12.1 Å². The molecular weight excluding hydrogens is 247 g/mol. The third-order valence-electron chi connectivity index (χ3n) is 3.58. The molecule has 3 rings (SSSR count). The zero-order chi connectivity index (χ0) is 13.2. The summed E-state index contributed by atoms with van der Waals surface area (Å²) >= 11 is 0. The third kappa shape index (κ3) is 2.46. The first kappa shape index (κ1) is 12.2. The Morgan fingerprint density at radius 2 is 2.05 bits per heavy atom. The van der Waals surface area contributed by atoms with E-state index in [-0.39, 0.29) is 23.5 Å². The van der Waals surface area contributed by atoms with Crippen LogP contribution in [-0.4, -0.2) is 11.3 Å². The fourth-order valence-electron chi connectivity index (χ4n) is 2.61. The molecule has 19 heavy (non-hydrogen) atoms. The van der Waals surface area contributed by atoms with E-state index in [9.17, 15) is 9.18 Å². The van der Waals surface area contributed by atoms with Gasteiger partial charge in [-0.05, 0) is 37.1 Å². The highest BCUT2D eigenvalue weighted by Crippen LogP contribution is 2.29. The van der Waals surface area contributed by atoms with Crippen LogP contribution in [0.4, 0.5) is 4.39 Å². The summed E-state index contributed by atoms with van der Waals surface area (Å²) in [4.78, 5) is 11.6. The molecule has 1 aromatic carbocycles. The molecule has 1 fully saturated rings. The molecule has 0 unspecified atom stereocenters.